The van der Waals surface area contributed by atoms with Crippen LogP contribution in [-0.4, -0.2) is 12.0 Å². The monoisotopic (exact) mass is 341 g/mol. The number of carbonyl (C=O) groups excluding carboxylic acids is 1. The summed E-state index contributed by atoms with van der Waals surface area (Å²) in [5.41, 5.74) is 0.423. The lowest BCUT2D eigenvalue weighted by atomic mass is 9.77. The van der Waals surface area contributed by atoms with Gasteiger partial charge in [-0.3, -0.25) is 4.79 Å². The third-order valence-electron chi connectivity index (χ3n) is 4.77. The summed E-state index contributed by atoms with van der Waals surface area (Å²) in [5, 5.41) is 2.97. The first-order valence-electron chi connectivity index (χ1n) is 8.84. The third-order valence-corrected chi connectivity index (χ3v) is 4.77. The van der Waals surface area contributed by atoms with E-state index in [1.54, 1.807) is 18.2 Å². The van der Waals surface area contributed by atoms with Gasteiger partial charge in [-0.2, -0.15) is 0 Å². The van der Waals surface area contributed by atoms with Crippen molar-refractivity contribution in [1.82, 2.24) is 0 Å². The van der Waals surface area contributed by atoms with Crippen molar-refractivity contribution in [3.63, 3.8) is 0 Å². The number of carbonyl (C=O) groups is 1. The fourth-order valence-electron chi connectivity index (χ4n) is 3.59. The highest BCUT2D eigenvalue weighted by Crippen LogP contribution is 2.43. The molecule has 3 rings (SSSR count). The molecule has 1 aliphatic rings. The molecule has 132 valence electrons. The van der Waals surface area contributed by atoms with Gasteiger partial charge in [0.25, 0.3) is 0 Å². The van der Waals surface area contributed by atoms with Gasteiger partial charge in [0.15, 0.2) is 0 Å². The number of ether oxygens (including phenoxy) is 1. The van der Waals surface area contributed by atoms with E-state index in [1.165, 1.54) is 6.07 Å². The number of anilines is 1. The van der Waals surface area contributed by atoms with Crippen LogP contribution >= 0.6 is 0 Å². The Labute approximate surface area is 148 Å². The number of halogens is 1. The molecule has 1 N–H and O–H groups in total. The molecule has 0 aromatic heterocycles. The Morgan fingerprint density at radius 3 is 2.32 bits per heavy atom. The van der Waals surface area contributed by atoms with E-state index in [1.807, 2.05) is 38.1 Å². The van der Waals surface area contributed by atoms with Crippen molar-refractivity contribution in [2.24, 2.45) is 0 Å². The summed E-state index contributed by atoms with van der Waals surface area (Å²) < 4.78 is 20.0. The average molecular weight is 341 g/mol. The SMILES string of the molecule is CC(C)Oc1ccc(NC(=O)C2(c3ccccc3F)CCCC2)cc1. The van der Waals surface area contributed by atoms with Crippen LogP contribution in [0.15, 0.2) is 48.5 Å². The number of hydrogen-bond donors (Lipinski definition) is 1. The number of amides is 1. The van der Waals surface area contributed by atoms with Crippen molar-refractivity contribution < 1.29 is 13.9 Å². The number of rotatable bonds is 5. The first kappa shape index (κ1) is 17.5. The Morgan fingerprint density at radius 2 is 1.72 bits per heavy atom. The second-order valence-electron chi connectivity index (χ2n) is 6.91. The molecule has 1 aliphatic carbocycles. The highest BCUT2D eigenvalue weighted by Gasteiger charge is 2.44. The van der Waals surface area contributed by atoms with Crippen LogP contribution in [0.25, 0.3) is 0 Å². The molecule has 0 saturated heterocycles. The van der Waals surface area contributed by atoms with Gasteiger partial charge in [0.05, 0.1) is 11.5 Å². The minimum atomic E-state index is -0.779. The summed E-state index contributed by atoms with van der Waals surface area (Å²) in [5.74, 6) is 0.325. The summed E-state index contributed by atoms with van der Waals surface area (Å²) in [6, 6.07) is 13.9. The van der Waals surface area contributed by atoms with E-state index in [0.717, 1.165) is 18.6 Å². The molecule has 0 unspecified atom stereocenters. The van der Waals surface area contributed by atoms with E-state index in [-0.39, 0.29) is 17.8 Å². The zero-order valence-electron chi connectivity index (χ0n) is 14.7. The van der Waals surface area contributed by atoms with E-state index in [9.17, 15) is 9.18 Å². The summed E-state index contributed by atoms with van der Waals surface area (Å²) in [7, 11) is 0. The van der Waals surface area contributed by atoms with Crippen LogP contribution in [0.4, 0.5) is 10.1 Å². The van der Waals surface area contributed by atoms with Gasteiger partial charge in [-0.25, -0.2) is 4.39 Å². The Kier molecular flexibility index (Phi) is 5.07. The summed E-state index contributed by atoms with van der Waals surface area (Å²) in [6.45, 7) is 3.93. The maximum Gasteiger partial charge on any atom is 0.235 e. The van der Waals surface area contributed by atoms with E-state index < -0.39 is 5.41 Å². The molecule has 1 saturated carbocycles. The topological polar surface area (TPSA) is 38.3 Å². The van der Waals surface area contributed by atoms with E-state index >= 15 is 0 Å². The van der Waals surface area contributed by atoms with E-state index in [4.69, 9.17) is 4.74 Å². The van der Waals surface area contributed by atoms with Gasteiger partial charge in [-0.1, -0.05) is 31.0 Å². The highest BCUT2D eigenvalue weighted by molar-refractivity contribution is 5.99. The molecule has 25 heavy (non-hydrogen) atoms. The van der Waals surface area contributed by atoms with Crippen molar-refractivity contribution in [3.05, 3.63) is 59.9 Å². The van der Waals surface area contributed by atoms with Crippen molar-refractivity contribution in [2.75, 3.05) is 5.32 Å². The smallest absolute Gasteiger partial charge is 0.235 e. The zero-order chi connectivity index (χ0) is 17.9. The van der Waals surface area contributed by atoms with Crippen LogP contribution in [-0.2, 0) is 10.2 Å². The Balaban J connectivity index is 1.81. The van der Waals surface area contributed by atoms with E-state index in [2.05, 4.69) is 5.32 Å². The molecule has 3 nitrogen and oxygen atoms in total. The quantitative estimate of drug-likeness (QED) is 0.825. The molecule has 0 heterocycles. The van der Waals surface area contributed by atoms with Crippen LogP contribution < -0.4 is 10.1 Å². The van der Waals surface area contributed by atoms with Gasteiger partial charge in [0.2, 0.25) is 5.91 Å². The van der Waals surface area contributed by atoms with Crippen molar-refractivity contribution in [1.29, 1.82) is 0 Å². The third kappa shape index (κ3) is 3.68. The number of hydrogen-bond acceptors (Lipinski definition) is 2. The molecule has 0 radical (unpaired) electrons. The Morgan fingerprint density at radius 1 is 1.08 bits per heavy atom. The van der Waals surface area contributed by atoms with Gasteiger partial charge in [0.1, 0.15) is 11.6 Å². The highest BCUT2D eigenvalue weighted by atomic mass is 19.1. The first-order chi connectivity index (χ1) is 12.0. The minimum absolute atomic E-state index is 0.100. The lowest BCUT2D eigenvalue weighted by Crippen LogP contribution is -2.38. The largest absolute Gasteiger partial charge is 0.491 e. The molecule has 2 aromatic rings. The molecule has 1 fully saturated rings. The van der Waals surface area contributed by atoms with Crippen molar-refractivity contribution in [3.8, 4) is 5.75 Å². The Hall–Kier alpha value is -2.36. The van der Waals surface area contributed by atoms with Gasteiger partial charge in [-0.05, 0) is 57.0 Å². The molecular formula is C21H24FNO2. The predicted molar refractivity (Wildman–Crippen MR) is 97.4 cm³/mol. The zero-order valence-corrected chi connectivity index (χ0v) is 14.7. The van der Waals surface area contributed by atoms with Gasteiger partial charge in [-0.15, -0.1) is 0 Å². The maximum absolute atomic E-state index is 14.4. The molecule has 1 amide bonds. The van der Waals surface area contributed by atoms with Crippen LogP contribution in [0, 0.1) is 5.82 Å². The molecule has 2 aromatic carbocycles. The minimum Gasteiger partial charge on any atom is -0.491 e. The second kappa shape index (κ2) is 7.26. The van der Waals surface area contributed by atoms with Crippen molar-refractivity contribution in [2.45, 2.75) is 51.0 Å². The van der Waals surface area contributed by atoms with E-state index in [0.29, 0.717) is 24.1 Å². The fourth-order valence-corrected chi connectivity index (χ4v) is 3.59. The maximum atomic E-state index is 14.4. The normalized spacial score (nSPS) is 16.0. The fraction of sp³-hybridized carbons (Fsp3) is 0.381. The van der Waals surface area contributed by atoms with Crippen LogP contribution in [0.1, 0.15) is 45.1 Å². The lowest BCUT2D eigenvalue weighted by molar-refractivity contribution is -0.121. The summed E-state index contributed by atoms with van der Waals surface area (Å²) in [6.07, 6.45) is 3.32. The Bertz CT molecular complexity index is 734. The van der Waals surface area contributed by atoms with Crippen LogP contribution in [0.3, 0.4) is 0 Å². The van der Waals surface area contributed by atoms with Gasteiger partial charge < -0.3 is 10.1 Å². The first-order valence-corrected chi connectivity index (χ1v) is 8.84. The van der Waals surface area contributed by atoms with Crippen molar-refractivity contribution >= 4 is 11.6 Å². The number of benzene rings is 2. The second-order valence-corrected chi connectivity index (χ2v) is 6.91. The van der Waals surface area contributed by atoms with Gasteiger partial charge >= 0.3 is 0 Å². The standard InChI is InChI=1S/C21H24FNO2/c1-15(2)25-17-11-9-16(10-12-17)23-20(24)21(13-5-6-14-21)18-7-3-4-8-19(18)22/h3-4,7-12,15H,5-6,13-14H2,1-2H3,(H,23,24). The molecule has 0 aliphatic heterocycles. The summed E-state index contributed by atoms with van der Waals surface area (Å²) in [4.78, 5) is 13.0. The average Bonchev–Trinajstić information content (AvgIpc) is 3.07. The molecule has 0 spiro atoms. The molecular weight excluding hydrogens is 317 g/mol. The van der Waals surface area contributed by atoms with Crippen LogP contribution in [0.2, 0.25) is 0 Å². The number of nitrogens with one attached hydrogen (secondary N) is 1. The molecule has 4 heteroatoms. The molecule has 0 atom stereocenters. The predicted octanol–water partition coefficient (Wildman–Crippen LogP) is 5.06. The lowest BCUT2D eigenvalue weighted by Gasteiger charge is -2.28. The molecule has 0 bridgehead atoms. The summed E-state index contributed by atoms with van der Waals surface area (Å²) >= 11 is 0. The van der Waals surface area contributed by atoms with Crippen LogP contribution in [0.5, 0.6) is 5.75 Å². The van der Waals surface area contributed by atoms with Gasteiger partial charge in [0, 0.05) is 11.3 Å².